The fourth-order valence-corrected chi connectivity index (χ4v) is 5.00. The second-order valence-corrected chi connectivity index (χ2v) is 9.27. The van der Waals surface area contributed by atoms with Gasteiger partial charge in [0.2, 0.25) is 5.75 Å². The number of aliphatic hydroxyl groups excluding tert-OH is 1. The average molecular weight is 481 g/mol. The van der Waals surface area contributed by atoms with E-state index in [0.29, 0.717) is 35.6 Å². The van der Waals surface area contributed by atoms with Gasteiger partial charge in [-0.2, -0.15) is 0 Å². The first-order valence-electron chi connectivity index (χ1n) is 12.1. The van der Waals surface area contributed by atoms with Crippen LogP contribution in [0.1, 0.15) is 25.3 Å². The van der Waals surface area contributed by atoms with Crippen molar-refractivity contribution in [3.63, 3.8) is 0 Å². The zero-order chi connectivity index (χ0) is 24.9. The quantitative estimate of drug-likeness (QED) is 0.490. The number of benzene rings is 2. The normalized spacial score (nSPS) is 15.2. The average Bonchev–Trinajstić information content (AvgIpc) is 2.91. The van der Waals surface area contributed by atoms with Gasteiger partial charge in [-0.05, 0) is 42.4 Å². The van der Waals surface area contributed by atoms with E-state index in [1.807, 2.05) is 25.2 Å². The van der Waals surface area contributed by atoms with Gasteiger partial charge in [0.05, 0.1) is 21.3 Å². The van der Waals surface area contributed by atoms with Crippen molar-refractivity contribution in [2.75, 3.05) is 57.9 Å². The number of aromatic nitrogens is 2. The molecule has 1 atom stereocenters. The number of hydrogen-bond acceptors (Lipinski definition) is 8. The fraction of sp³-hybridized carbons (Fsp3) is 0.481. The van der Waals surface area contributed by atoms with E-state index in [0.717, 1.165) is 53.9 Å². The van der Waals surface area contributed by atoms with Crippen molar-refractivity contribution in [1.82, 2.24) is 10.2 Å². The van der Waals surface area contributed by atoms with Crippen molar-refractivity contribution in [2.45, 2.75) is 26.3 Å². The number of anilines is 2. The maximum atomic E-state index is 9.52. The minimum absolute atomic E-state index is 0.250. The molecule has 2 heterocycles. The molecule has 1 saturated heterocycles. The lowest BCUT2D eigenvalue weighted by molar-refractivity contribution is 0.170. The Bertz CT molecular complexity index is 1120. The molecule has 35 heavy (non-hydrogen) atoms. The Morgan fingerprint density at radius 1 is 1.00 bits per heavy atom. The molecule has 0 spiro atoms. The van der Waals surface area contributed by atoms with E-state index in [9.17, 15) is 5.11 Å². The van der Waals surface area contributed by atoms with Gasteiger partial charge in [0.25, 0.3) is 0 Å². The Morgan fingerprint density at radius 2 is 1.63 bits per heavy atom. The topological polar surface area (TPSA) is 80.2 Å². The summed E-state index contributed by atoms with van der Waals surface area (Å²) >= 11 is 0. The zero-order valence-electron chi connectivity index (χ0n) is 21.3. The van der Waals surface area contributed by atoms with Gasteiger partial charge in [-0.1, -0.05) is 31.2 Å². The molecular formula is C27H36N4O4. The predicted octanol–water partition coefficient (Wildman–Crippen LogP) is 4.14. The van der Waals surface area contributed by atoms with Crippen molar-refractivity contribution < 1.29 is 19.3 Å². The van der Waals surface area contributed by atoms with Gasteiger partial charge in [-0.15, -0.1) is 10.2 Å². The largest absolute Gasteiger partial charge is 0.493 e. The first-order valence-corrected chi connectivity index (χ1v) is 12.1. The molecule has 8 nitrogen and oxygen atoms in total. The van der Waals surface area contributed by atoms with Gasteiger partial charge in [-0.3, -0.25) is 0 Å². The number of methoxy groups -OCH3 is 3. The smallest absolute Gasteiger partial charge is 0.203 e. The van der Waals surface area contributed by atoms with Crippen molar-refractivity contribution in [2.24, 2.45) is 11.8 Å². The van der Waals surface area contributed by atoms with Crippen LogP contribution in [0.5, 0.6) is 17.2 Å². The monoisotopic (exact) mass is 480 g/mol. The molecule has 0 bridgehead atoms. The molecule has 4 rings (SSSR count). The second kappa shape index (κ2) is 11.0. The van der Waals surface area contributed by atoms with Crippen molar-refractivity contribution in [1.29, 1.82) is 0 Å². The summed E-state index contributed by atoms with van der Waals surface area (Å²) in [7, 11) is 6.86. The highest BCUT2D eigenvalue weighted by molar-refractivity contribution is 5.98. The molecule has 1 unspecified atom stereocenters. The van der Waals surface area contributed by atoms with E-state index >= 15 is 0 Å². The fourth-order valence-electron chi connectivity index (χ4n) is 5.00. The summed E-state index contributed by atoms with van der Waals surface area (Å²) in [4.78, 5) is 4.42. The van der Waals surface area contributed by atoms with E-state index in [4.69, 9.17) is 19.3 Å². The minimum Gasteiger partial charge on any atom is -0.493 e. The molecule has 2 aromatic carbocycles. The van der Waals surface area contributed by atoms with Crippen LogP contribution < -0.4 is 24.0 Å². The van der Waals surface area contributed by atoms with E-state index in [1.165, 1.54) is 0 Å². The highest BCUT2D eigenvalue weighted by Gasteiger charge is 2.26. The molecule has 8 heteroatoms. The summed E-state index contributed by atoms with van der Waals surface area (Å²) in [5, 5.41) is 21.1. The summed E-state index contributed by atoms with van der Waals surface area (Å²) in [6, 6.07) is 12.2. The summed E-state index contributed by atoms with van der Waals surface area (Å²) < 4.78 is 16.5. The number of rotatable bonds is 9. The van der Waals surface area contributed by atoms with Crippen LogP contribution >= 0.6 is 0 Å². The molecule has 3 aromatic rings. The first-order chi connectivity index (χ1) is 17.0. The lowest BCUT2D eigenvalue weighted by atomic mass is 9.86. The van der Waals surface area contributed by atoms with Gasteiger partial charge in [0, 0.05) is 44.1 Å². The first kappa shape index (κ1) is 24.9. The van der Waals surface area contributed by atoms with Crippen molar-refractivity contribution in [3.05, 3.63) is 42.0 Å². The third-order valence-corrected chi connectivity index (χ3v) is 7.09. The highest BCUT2D eigenvalue weighted by Crippen LogP contribution is 2.39. The molecule has 1 aliphatic rings. The number of hydrogen-bond donors (Lipinski definition) is 1. The van der Waals surface area contributed by atoms with E-state index in [1.54, 1.807) is 21.3 Å². The van der Waals surface area contributed by atoms with Crippen molar-refractivity contribution >= 4 is 22.4 Å². The Balaban J connectivity index is 1.61. The summed E-state index contributed by atoms with van der Waals surface area (Å²) in [6.07, 6.45) is 2.11. The molecule has 188 valence electrons. The highest BCUT2D eigenvalue weighted by atomic mass is 16.5. The Hall–Kier alpha value is -3.26. The third kappa shape index (κ3) is 5.07. The van der Waals surface area contributed by atoms with Gasteiger partial charge < -0.3 is 29.1 Å². The van der Waals surface area contributed by atoms with Crippen LogP contribution in [0.15, 0.2) is 36.4 Å². The zero-order valence-corrected chi connectivity index (χ0v) is 21.3. The number of aliphatic hydroxyl groups is 1. The van der Waals surface area contributed by atoms with E-state index in [2.05, 4.69) is 40.0 Å². The van der Waals surface area contributed by atoms with Crippen LogP contribution in [0.2, 0.25) is 0 Å². The summed E-state index contributed by atoms with van der Waals surface area (Å²) in [5.41, 5.74) is 1.01. The van der Waals surface area contributed by atoms with Crippen LogP contribution in [0.4, 0.5) is 11.6 Å². The number of nitrogens with zero attached hydrogens (tertiary/aromatic N) is 4. The predicted molar refractivity (Wildman–Crippen MR) is 139 cm³/mol. The second-order valence-electron chi connectivity index (χ2n) is 9.27. The van der Waals surface area contributed by atoms with Gasteiger partial charge in [0.1, 0.15) is 0 Å². The number of ether oxygens (including phenoxy) is 3. The maximum absolute atomic E-state index is 9.52. The van der Waals surface area contributed by atoms with Crippen LogP contribution in [0.25, 0.3) is 10.8 Å². The maximum Gasteiger partial charge on any atom is 0.203 e. The Morgan fingerprint density at radius 3 is 2.20 bits per heavy atom. The molecule has 0 radical (unpaired) electrons. The molecule has 1 aliphatic heterocycles. The number of fused-ring (bicyclic) bond motifs is 1. The van der Waals surface area contributed by atoms with Crippen LogP contribution in [-0.4, -0.2) is 63.4 Å². The summed E-state index contributed by atoms with van der Waals surface area (Å²) in [5.74, 6) is 4.47. The Kier molecular flexibility index (Phi) is 7.80. The molecule has 0 aliphatic carbocycles. The lowest BCUT2D eigenvalue weighted by Gasteiger charge is -2.35. The SMILES string of the molecule is COc1cc(CN(C)c2nnc(N3CCC(C(C)CO)CC3)c3ccccc23)cc(OC)c1OC. The molecule has 1 aromatic heterocycles. The van der Waals surface area contributed by atoms with Crippen LogP contribution in [0, 0.1) is 11.8 Å². The van der Waals surface area contributed by atoms with Crippen molar-refractivity contribution in [3.8, 4) is 17.2 Å². The third-order valence-electron chi connectivity index (χ3n) is 7.09. The van der Waals surface area contributed by atoms with E-state index < -0.39 is 0 Å². The van der Waals surface area contributed by atoms with Crippen LogP contribution in [-0.2, 0) is 6.54 Å². The standard InChI is InChI=1S/C27H36N4O4/c1-18(17-32)20-10-12-31(13-11-20)27-22-9-7-6-8-21(22)26(28-29-27)30(2)16-19-14-23(33-3)25(35-5)24(15-19)34-4/h6-9,14-15,18,20,32H,10-13,16-17H2,1-5H3. The van der Waals surface area contributed by atoms with E-state index in [-0.39, 0.29) is 6.61 Å². The van der Waals surface area contributed by atoms with Gasteiger partial charge in [0.15, 0.2) is 23.1 Å². The summed E-state index contributed by atoms with van der Waals surface area (Å²) in [6.45, 7) is 4.83. The van der Waals surface area contributed by atoms with Gasteiger partial charge >= 0.3 is 0 Å². The number of piperidine rings is 1. The lowest BCUT2D eigenvalue weighted by Crippen LogP contribution is -2.37. The molecular weight excluding hydrogens is 444 g/mol. The molecule has 0 amide bonds. The van der Waals surface area contributed by atoms with Gasteiger partial charge in [-0.25, -0.2) is 0 Å². The minimum atomic E-state index is 0.250. The molecule has 0 saturated carbocycles. The molecule has 1 N–H and O–H groups in total. The Labute approximate surface area is 207 Å². The molecule has 1 fully saturated rings. The van der Waals surface area contributed by atoms with Crippen LogP contribution in [0.3, 0.4) is 0 Å².